The molecule has 1 N–H and O–H groups in total. The molecule has 0 saturated carbocycles. The number of aromatic nitrogens is 3. The number of ether oxygens (including phenoxy) is 1. The Bertz CT molecular complexity index is 1550. The second-order valence-corrected chi connectivity index (χ2v) is 11.0. The standard InChI is InChI=1S/C28H23Cl3N4O2S/c1-16-25(17(2)36)26(18-7-5-8-22(12-18)37-14-19-10-11-21(29)13-24(19)31)35-27(32-16)33-28(34-35)38-15-20-6-3-4-9-23(20)30/h3-13,26H,14-15H2,1-2H3,(H,32,33,34). The van der Waals surface area contributed by atoms with Gasteiger partial charge in [-0.05, 0) is 55.3 Å². The van der Waals surface area contributed by atoms with E-state index < -0.39 is 6.04 Å². The average Bonchev–Trinajstić information content (AvgIpc) is 3.29. The summed E-state index contributed by atoms with van der Waals surface area (Å²) in [6.45, 7) is 3.71. The smallest absolute Gasteiger partial charge is 0.227 e. The van der Waals surface area contributed by atoms with Crippen LogP contribution < -0.4 is 10.1 Å². The highest BCUT2D eigenvalue weighted by atomic mass is 35.5. The second kappa shape index (κ2) is 11.4. The third-order valence-electron chi connectivity index (χ3n) is 6.11. The Morgan fingerprint density at radius 2 is 1.84 bits per heavy atom. The van der Waals surface area contributed by atoms with Crippen LogP contribution in [0.1, 0.15) is 36.6 Å². The molecule has 0 radical (unpaired) electrons. The van der Waals surface area contributed by atoms with E-state index in [2.05, 4.69) is 10.3 Å². The molecule has 1 aromatic heterocycles. The lowest BCUT2D eigenvalue weighted by atomic mass is 9.93. The van der Waals surface area contributed by atoms with E-state index in [-0.39, 0.29) is 12.4 Å². The molecule has 1 atom stereocenters. The van der Waals surface area contributed by atoms with Gasteiger partial charge in [-0.1, -0.05) is 83.0 Å². The summed E-state index contributed by atoms with van der Waals surface area (Å²) in [7, 11) is 0. The summed E-state index contributed by atoms with van der Waals surface area (Å²) in [6.07, 6.45) is 0. The highest BCUT2D eigenvalue weighted by Gasteiger charge is 2.33. The first-order valence-corrected chi connectivity index (χ1v) is 13.9. The first-order chi connectivity index (χ1) is 18.3. The molecule has 6 nitrogen and oxygen atoms in total. The van der Waals surface area contributed by atoms with Crippen molar-refractivity contribution in [1.82, 2.24) is 14.8 Å². The van der Waals surface area contributed by atoms with Gasteiger partial charge >= 0.3 is 0 Å². The zero-order chi connectivity index (χ0) is 26.8. The fraction of sp³-hybridized carbons (Fsp3) is 0.179. The minimum Gasteiger partial charge on any atom is -0.489 e. The predicted molar refractivity (Wildman–Crippen MR) is 153 cm³/mol. The van der Waals surface area contributed by atoms with E-state index in [1.165, 1.54) is 11.8 Å². The van der Waals surface area contributed by atoms with E-state index in [0.717, 1.165) is 22.4 Å². The zero-order valence-electron chi connectivity index (χ0n) is 20.5. The number of nitrogens with zero attached hydrogens (tertiary/aromatic N) is 3. The monoisotopic (exact) mass is 584 g/mol. The molecule has 1 unspecified atom stereocenters. The van der Waals surface area contributed by atoms with E-state index >= 15 is 0 Å². The number of rotatable bonds is 8. The molecule has 3 aromatic carbocycles. The lowest BCUT2D eigenvalue weighted by molar-refractivity contribution is -0.114. The molecular formula is C28H23Cl3N4O2S. The molecule has 0 bridgehead atoms. The van der Waals surface area contributed by atoms with Crippen LogP contribution in [0.4, 0.5) is 5.95 Å². The van der Waals surface area contributed by atoms with Crippen LogP contribution in [-0.4, -0.2) is 20.5 Å². The number of anilines is 1. The van der Waals surface area contributed by atoms with Crippen molar-refractivity contribution in [2.75, 3.05) is 5.32 Å². The van der Waals surface area contributed by atoms with Gasteiger partial charge in [0.1, 0.15) is 18.4 Å². The molecule has 194 valence electrons. The average molecular weight is 586 g/mol. The predicted octanol–water partition coefficient (Wildman–Crippen LogP) is 7.99. The van der Waals surface area contributed by atoms with Gasteiger partial charge in [-0.3, -0.25) is 4.79 Å². The summed E-state index contributed by atoms with van der Waals surface area (Å²) in [5.74, 6) is 1.78. The highest BCUT2D eigenvalue weighted by molar-refractivity contribution is 7.98. The minimum atomic E-state index is -0.464. The van der Waals surface area contributed by atoms with E-state index in [0.29, 0.717) is 43.2 Å². The van der Waals surface area contributed by atoms with Crippen LogP contribution in [0.5, 0.6) is 5.75 Å². The third-order valence-corrected chi connectivity index (χ3v) is 7.95. The lowest BCUT2D eigenvalue weighted by Gasteiger charge is -2.28. The maximum absolute atomic E-state index is 12.8. The molecule has 0 fully saturated rings. The number of carbonyl (C=O) groups is 1. The number of halogens is 3. The Labute approximate surface area is 240 Å². The minimum absolute atomic E-state index is 0.0503. The quantitative estimate of drug-likeness (QED) is 0.211. The normalized spacial score (nSPS) is 14.7. The Morgan fingerprint density at radius 3 is 2.61 bits per heavy atom. The van der Waals surface area contributed by atoms with E-state index in [4.69, 9.17) is 44.6 Å². The molecule has 0 amide bonds. The molecule has 1 aliphatic rings. The maximum atomic E-state index is 12.8. The number of Topliss-reactive ketones (excluding diaryl/α,β-unsaturated/α-hetero) is 1. The summed E-state index contributed by atoms with van der Waals surface area (Å²) < 4.78 is 7.81. The Kier molecular flexibility index (Phi) is 8.00. The van der Waals surface area contributed by atoms with Crippen molar-refractivity contribution in [3.05, 3.63) is 110 Å². The van der Waals surface area contributed by atoms with Crippen LogP contribution in [0.15, 0.2) is 83.2 Å². The van der Waals surface area contributed by atoms with Gasteiger partial charge in [-0.15, -0.1) is 5.10 Å². The van der Waals surface area contributed by atoms with Crippen LogP contribution in [0.3, 0.4) is 0 Å². The van der Waals surface area contributed by atoms with Crippen molar-refractivity contribution >= 4 is 58.3 Å². The largest absolute Gasteiger partial charge is 0.489 e. The summed E-state index contributed by atoms with van der Waals surface area (Å²) in [5, 5.41) is 10.4. The summed E-state index contributed by atoms with van der Waals surface area (Å²) in [5.41, 5.74) is 4.03. The van der Waals surface area contributed by atoms with Crippen LogP contribution in [0.2, 0.25) is 15.1 Å². The molecule has 0 aliphatic carbocycles. The third kappa shape index (κ3) is 5.71. The molecule has 10 heteroatoms. The van der Waals surface area contributed by atoms with Crippen molar-refractivity contribution in [1.29, 1.82) is 0 Å². The fourth-order valence-corrected chi connectivity index (χ4v) is 5.87. The number of hydrogen-bond acceptors (Lipinski definition) is 6. The molecule has 2 heterocycles. The molecule has 38 heavy (non-hydrogen) atoms. The lowest BCUT2D eigenvalue weighted by Crippen LogP contribution is -2.27. The number of carbonyl (C=O) groups excluding carboxylic acids is 1. The summed E-state index contributed by atoms with van der Waals surface area (Å²) >= 11 is 20.1. The Balaban J connectivity index is 1.43. The molecular weight excluding hydrogens is 563 g/mol. The van der Waals surface area contributed by atoms with E-state index in [1.54, 1.807) is 23.7 Å². The molecule has 0 spiro atoms. The fourth-order valence-electron chi connectivity index (χ4n) is 4.29. The Hall–Kier alpha value is -2.97. The first kappa shape index (κ1) is 26.6. The van der Waals surface area contributed by atoms with Gasteiger partial charge in [-0.25, -0.2) is 4.68 Å². The highest BCUT2D eigenvalue weighted by Crippen LogP contribution is 2.38. The van der Waals surface area contributed by atoms with Crippen molar-refractivity contribution in [2.45, 2.75) is 37.4 Å². The topological polar surface area (TPSA) is 69.0 Å². The molecule has 0 saturated heterocycles. The van der Waals surface area contributed by atoms with Crippen LogP contribution in [0.25, 0.3) is 0 Å². The number of nitrogens with one attached hydrogen (secondary N) is 1. The van der Waals surface area contributed by atoms with Crippen LogP contribution >= 0.6 is 46.6 Å². The van der Waals surface area contributed by atoms with Gasteiger partial charge < -0.3 is 10.1 Å². The zero-order valence-corrected chi connectivity index (χ0v) is 23.6. The first-order valence-electron chi connectivity index (χ1n) is 11.8. The molecule has 5 rings (SSSR count). The number of fused-ring (bicyclic) bond motifs is 1. The van der Waals surface area contributed by atoms with Crippen LogP contribution in [-0.2, 0) is 17.2 Å². The molecule has 4 aromatic rings. The molecule has 1 aliphatic heterocycles. The summed E-state index contributed by atoms with van der Waals surface area (Å²) in [6, 6.07) is 20.2. The van der Waals surface area contributed by atoms with Crippen molar-refractivity contribution in [3.63, 3.8) is 0 Å². The van der Waals surface area contributed by atoms with E-state index in [9.17, 15) is 4.79 Å². The summed E-state index contributed by atoms with van der Waals surface area (Å²) in [4.78, 5) is 17.5. The number of benzene rings is 3. The van der Waals surface area contributed by atoms with Gasteiger partial charge in [0.05, 0.1) is 0 Å². The van der Waals surface area contributed by atoms with Gasteiger partial charge in [0, 0.05) is 37.7 Å². The van der Waals surface area contributed by atoms with Gasteiger partial charge in [0.2, 0.25) is 11.1 Å². The van der Waals surface area contributed by atoms with Crippen molar-refractivity contribution in [2.24, 2.45) is 0 Å². The second-order valence-electron chi connectivity index (χ2n) is 8.76. The Morgan fingerprint density at radius 1 is 1.03 bits per heavy atom. The SMILES string of the molecule is CC(=O)C1=C(C)Nc2nc(SCc3ccccc3Cl)nn2C1c1cccc(OCc2ccc(Cl)cc2Cl)c1. The number of ketones is 1. The van der Waals surface area contributed by atoms with Crippen LogP contribution in [0, 0.1) is 0 Å². The van der Waals surface area contributed by atoms with E-state index in [1.807, 2.05) is 61.5 Å². The number of allylic oxidation sites excluding steroid dienone is 2. The van der Waals surface area contributed by atoms with Crippen molar-refractivity contribution < 1.29 is 9.53 Å². The number of hydrogen-bond donors (Lipinski definition) is 1. The van der Waals surface area contributed by atoms with Crippen molar-refractivity contribution in [3.8, 4) is 5.75 Å². The van der Waals surface area contributed by atoms with Gasteiger partial charge in [0.25, 0.3) is 0 Å². The number of thioether (sulfide) groups is 1. The maximum Gasteiger partial charge on any atom is 0.227 e. The van der Waals surface area contributed by atoms with Gasteiger partial charge in [-0.2, -0.15) is 4.98 Å². The van der Waals surface area contributed by atoms with Gasteiger partial charge in [0.15, 0.2) is 5.78 Å².